The zero-order valence-electron chi connectivity index (χ0n) is 14.8. The lowest BCUT2D eigenvalue weighted by Gasteiger charge is -2.48. The van der Waals surface area contributed by atoms with Crippen LogP contribution < -0.4 is 4.74 Å². The van der Waals surface area contributed by atoms with Gasteiger partial charge in [0.2, 0.25) is 0 Å². The average Bonchev–Trinajstić information content (AvgIpc) is 3.08. The van der Waals surface area contributed by atoms with Crippen molar-refractivity contribution in [2.24, 2.45) is 5.41 Å². The molecule has 134 valence electrons. The van der Waals surface area contributed by atoms with Crippen molar-refractivity contribution in [3.63, 3.8) is 0 Å². The Morgan fingerprint density at radius 3 is 2.76 bits per heavy atom. The van der Waals surface area contributed by atoms with E-state index in [1.54, 1.807) is 4.90 Å². The highest BCUT2D eigenvalue weighted by Gasteiger charge is 2.51. The van der Waals surface area contributed by atoms with Crippen molar-refractivity contribution in [2.45, 2.75) is 51.7 Å². The number of carboxylic acid groups (broad SMARTS) is 1. The second-order valence-corrected chi connectivity index (χ2v) is 8.43. The average molecular weight is 345 g/mol. The van der Waals surface area contributed by atoms with Crippen LogP contribution in [0.15, 0.2) is 12.1 Å². The van der Waals surface area contributed by atoms with Crippen LogP contribution in [0, 0.1) is 5.41 Å². The number of rotatable bonds is 0. The zero-order valence-corrected chi connectivity index (χ0v) is 14.8. The minimum absolute atomic E-state index is 0.0839. The SMILES string of the molecule is CC(C)(C)C1CC2(CCN1C(=O)O)COc1c2ccc2c1COC2=O. The van der Waals surface area contributed by atoms with E-state index < -0.39 is 6.09 Å². The van der Waals surface area contributed by atoms with E-state index in [2.05, 4.69) is 20.8 Å². The lowest BCUT2D eigenvalue weighted by atomic mass is 9.66. The highest BCUT2D eigenvalue weighted by Crippen LogP contribution is 2.51. The van der Waals surface area contributed by atoms with Crippen LogP contribution in [-0.2, 0) is 16.8 Å². The van der Waals surface area contributed by atoms with Gasteiger partial charge in [-0.3, -0.25) is 0 Å². The quantitative estimate of drug-likeness (QED) is 0.731. The fourth-order valence-electron chi connectivity index (χ4n) is 4.50. The number of piperidine rings is 1. The van der Waals surface area contributed by atoms with E-state index in [9.17, 15) is 14.7 Å². The summed E-state index contributed by atoms with van der Waals surface area (Å²) in [6, 6.07) is 3.72. The highest BCUT2D eigenvalue weighted by atomic mass is 16.5. The second kappa shape index (κ2) is 5.13. The van der Waals surface area contributed by atoms with Crippen LogP contribution >= 0.6 is 0 Å². The van der Waals surface area contributed by atoms with Crippen molar-refractivity contribution in [3.8, 4) is 5.75 Å². The summed E-state index contributed by atoms with van der Waals surface area (Å²) in [5, 5.41) is 9.60. The van der Waals surface area contributed by atoms with E-state index in [1.165, 1.54) is 0 Å². The van der Waals surface area contributed by atoms with Gasteiger partial charge < -0.3 is 19.5 Å². The number of carbonyl (C=O) groups is 2. The molecule has 0 radical (unpaired) electrons. The Bertz CT molecular complexity index is 766. The predicted molar refractivity (Wildman–Crippen MR) is 89.9 cm³/mol. The van der Waals surface area contributed by atoms with Crippen molar-refractivity contribution < 1.29 is 24.2 Å². The van der Waals surface area contributed by atoms with Gasteiger partial charge in [-0.1, -0.05) is 26.8 Å². The number of benzene rings is 1. The molecule has 1 spiro atoms. The molecule has 1 aromatic rings. The Morgan fingerprint density at radius 2 is 2.08 bits per heavy atom. The molecule has 3 aliphatic heterocycles. The molecule has 3 aliphatic rings. The van der Waals surface area contributed by atoms with Gasteiger partial charge in [0.05, 0.1) is 12.2 Å². The molecule has 0 saturated carbocycles. The fourth-order valence-corrected chi connectivity index (χ4v) is 4.50. The first kappa shape index (κ1) is 16.2. The third-order valence-corrected chi connectivity index (χ3v) is 5.93. The van der Waals surface area contributed by atoms with Gasteiger partial charge in [0.25, 0.3) is 0 Å². The van der Waals surface area contributed by atoms with E-state index in [4.69, 9.17) is 9.47 Å². The molecule has 0 aliphatic carbocycles. The van der Waals surface area contributed by atoms with Gasteiger partial charge in [0.1, 0.15) is 12.4 Å². The molecule has 2 atom stereocenters. The number of likely N-dealkylation sites (tertiary alicyclic amines) is 1. The summed E-state index contributed by atoms with van der Waals surface area (Å²) < 4.78 is 11.2. The first-order valence-electron chi connectivity index (χ1n) is 8.69. The molecule has 1 saturated heterocycles. The Hall–Kier alpha value is -2.24. The van der Waals surface area contributed by atoms with Crippen LogP contribution in [0.25, 0.3) is 0 Å². The number of ether oxygens (including phenoxy) is 2. The molecule has 1 aromatic carbocycles. The number of cyclic esters (lactones) is 1. The minimum Gasteiger partial charge on any atom is -0.492 e. The van der Waals surface area contributed by atoms with Crippen molar-refractivity contribution in [1.29, 1.82) is 0 Å². The summed E-state index contributed by atoms with van der Waals surface area (Å²) in [7, 11) is 0. The van der Waals surface area contributed by atoms with Gasteiger partial charge in [-0.25, -0.2) is 9.59 Å². The minimum atomic E-state index is -0.859. The maximum absolute atomic E-state index is 11.8. The summed E-state index contributed by atoms with van der Waals surface area (Å²) in [6.07, 6.45) is 0.595. The van der Waals surface area contributed by atoms with Crippen LogP contribution in [0.4, 0.5) is 4.79 Å². The largest absolute Gasteiger partial charge is 0.492 e. The normalized spacial score (nSPS) is 27.7. The molecule has 6 nitrogen and oxygen atoms in total. The molecule has 1 amide bonds. The first-order valence-corrected chi connectivity index (χ1v) is 8.69. The molecule has 0 bridgehead atoms. The number of hydrogen-bond acceptors (Lipinski definition) is 4. The van der Waals surface area contributed by atoms with Crippen LogP contribution in [-0.4, -0.2) is 41.3 Å². The first-order chi connectivity index (χ1) is 11.7. The van der Waals surface area contributed by atoms with Crippen molar-refractivity contribution in [2.75, 3.05) is 13.2 Å². The summed E-state index contributed by atoms with van der Waals surface area (Å²) in [4.78, 5) is 25.0. The number of hydrogen-bond donors (Lipinski definition) is 1. The lowest BCUT2D eigenvalue weighted by Crippen LogP contribution is -2.56. The van der Waals surface area contributed by atoms with E-state index in [-0.39, 0.29) is 29.4 Å². The number of carbonyl (C=O) groups excluding carboxylic acids is 1. The highest BCUT2D eigenvalue weighted by molar-refractivity contribution is 5.94. The van der Waals surface area contributed by atoms with Gasteiger partial charge in [0, 0.05) is 29.1 Å². The molecular formula is C19H23NO5. The lowest BCUT2D eigenvalue weighted by molar-refractivity contribution is 0.0243. The predicted octanol–water partition coefficient (Wildman–Crippen LogP) is 3.18. The maximum Gasteiger partial charge on any atom is 0.407 e. The summed E-state index contributed by atoms with van der Waals surface area (Å²) in [5.41, 5.74) is 2.17. The molecule has 2 unspecified atom stereocenters. The van der Waals surface area contributed by atoms with Gasteiger partial charge in [0.15, 0.2) is 0 Å². The van der Waals surface area contributed by atoms with Crippen LogP contribution in [0.5, 0.6) is 5.75 Å². The zero-order chi connectivity index (χ0) is 18.0. The monoisotopic (exact) mass is 345 g/mol. The van der Waals surface area contributed by atoms with Gasteiger partial charge in [-0.05, 0) is 24.3 Å². The summed E-state index contributed by atoms with van der Waals surface area (Å²) in [5.74, 6) is 0.482. The summed E-state index contributed by atoms with van der Waals surface area (Å²) >= 11 is 0. The van der Waals surface area contributed by atoms with Crippen LogP contribution in [0.1, 0.15) is 55.1 Å². The van der Waals surface area contributed by atoms with E-state index >= 15 is 0 Å². The van der Waals surface area contributed by atoms with Gasteiger partial charge in [-0.15, -0.1) is 0 Å². The second-order valence-electron chi connectivity index (χ2n) is 8.43. The van der Waals surface area contributed by atoms with Crippen molar-refractivity contribution in [1.82, 2.24) is 4.90 Å². The molecular weight excluding hydrogens is 322 g/mol. The Balaban J connectivity index is 1.74. The van der Waals surface area contributed by atoms with Gasteiger partial charge >= 0.3 is 12.1 Å². The standard InChI is InChI=1S/C19H23NO5/c1-18(2,3)14-8-19(6-7-20(14)17(22)23)10-25-15-12-9-24-16(21)11(12)4-5-13(15)19/h4-5,14H,6-10H2,1-3H3,(H,22,23). The topological polar surface area (TPSA) is 76.1 Å². The van der Waals surface area contributed by atoms with Crippen molar-refractivity contribution >= 4 is 12.1 Å². The molecule has 25 heavy (non-hydrogen) atoms. The smallest absolute Gasteiger partial charge is 0.407 e. The fraction of sp³-hybridized carbons (Fsp3) is 0.579. The Labute approximate surface area is 146 Å². The molecule has 1 N–H and O–H groups in total. The molecule has 1 fully saturated rings. The maximum atomic E-state index is 11.8. The molecule has 0 aromatic heterocycles. The Morgan fingerprint density at radius 1 is 1.32 bits per heavy atom. The Kier molecular flexibility index (Phi) is 3.33. The summed E-state index contributed by atoms with van der Waals surface area (Å²) in [6.45, 7) is 7.53. The molecule has 3 heterocycles. The van der Waals surface area contributed by atoms with Crippen LogP contribution in [0.2, 0.25) is 0 Å². The van der Waals surface area contributed by atoms with E-state index in [1.807, 2.05) is 12.1 Å². The molecule has 6 heteroatoms. The number of nitrogens with zero attached hydrogens (tertiary/aromatic N) is 1. The number of esters is 1. The van der Waals surface area contributed by atoms with Crippen molar-refractivity contribution in [3.05, 3.63) is 28.8 Å². The number of amides is 1. The number of fused-ring (bicyclic) bond motifs is 4. The third kappa shape index (κ3) is 2.30. The van der Waals surface area contributed by atoms with E-state index in [0.717, 1.165) is 29.7 Å². The third-order valence-electron chi connectivity index (χ3n) is 5.93. The van der Waals surface area contributed by atoms with E-state index in [0.29, 0.717) is 18.7 Å². The van der Waals surface area contributed by atoms with Crippen LogP contribution in [0.3, 0.4) is 0 Å². The van der Waals surface area contributed by atoms with Gasteiger partial charge in [-0.2, -0.15) is 0 Å². The molecule has 4 rings (SSSR count).